The van der Waals surface area contributed by atoms with Crippen LogP contribution < -0.4 is 14.8 Å². The van der Waals surface area contributed by atoms with E-state index in [9.17, 15) is 13.2 Å². The third kappa shape index (κ3) is 6.34. The van der Waals surface area contributed by atoms with Crippen LogP contribution in [-0.4, -0.2) is 20.9 Å². The van der Waals surface area contributed by atoms with E-state index in [2.05, 4.69) is 17.0 Å². The first-order chi connectivity index (χ1) is 15.3. The Balaban J connectivity index is 1.64. The van der Waals surface area contributed by atoms with E-state index in [0.717, 1.165) is 29.7 Å². The molecule has 0 saturated carbocycles. The van der Waals surface area contributed by atoms with Gasteiger partial charge in [-0.15, -0.1) is 0 Å². The van der Waals surface area contributed by atoms with Crippen LogP contribution in [0.5, 0.6) is 5.75 Å². The van der Waals surface area contributed by atoms with E-state index < -0.39 is 10.0 Å². The van der Waals surface area contributed by atoms with Gasteiger partial charge in [-0.3, -0.25) is 9.52 Å². The molecule has 0 unspecified atom stereocenters. The van der Waals surface area contributed by atoms with Crippen molar-refractivity contribution in [2.75, 3.05) is 16.6 Å². The molecule has 0 radical (unpaired) electrons. The molecule has 0 atom stereocenters. The molecule has 1 amide bonds. The largest absolute Gasteiger partial charge is 0.494 e. The summed E-state index contributed by atoms with van der Waals surface area (Å²) in [5.74, 6) is 0.440. The van der Waals surface area contributed by atoms with Gasteiger partial charge in [0.2, 0.25) is 0 Å². The number of rotatable bonds is 9. The number of benzene rings is 3. The predicted molar refractivity (Wildman–Crippen MR) is 128 cm³/mol. The fourth-order valence-electron chi connectivity index (χ4n) is 3.21. The van der Waals surface area contributed by atoms with Gasteiger partial charge in [-0.1, -0.05) is 19.4 Å². The lowest BCUT2D eigenvalue weighted by Gasteiger charge is -2.11. The van der Waals surface area contributed by atoms with Gasteiger partial charge in [0.25, 0.3) is 15.9 Å². The summed E-state index contributed by atoms with van der Waals surface area (Å²) < 4.78 is 33.6. The smallest absolute Gasteiger partial charge is 0.261 e. The number of hydrogen-bond acceptors (Lipinski definition) is 4. The molecule has 3 aromatic rings. The van der Waals surface area contributed by atoms with Crippen LogP contribution in [0.2, 0.25) is 0 Å². The molecule has 0 aromatic heterocycles. The molecule has 3 aromatic carbocycles. The van der Waals surface area contributed by atoms with Gasteiger partial charge in [0.15, 0.2) is 0 Å². The van der Waals surface area contributed by atoms with Crippen molar-refractivity contribution in [3.63, 3.8) is 0 Å². The van der Waals surface area contributed by atoms with Crippen LogP contribution in [-0.2, 0) is 10.0 Å². The van der Waals surface area contributed by atoms with E-state index in [4.69, 9.17) is 4.74 Å². The Morgan fingerprint density at radius 1 is 0.875 bits per heavy atom. The number of anilines is 2. The monoisotopic (exact) mass is 452 g/mol. The summed E-state index contributed by atoms with van der Waals surface area (Å²) in [6.07, 6.45) is 2.04. The van der Waals surface area contributed by atoms with E-state index in [1.807, 2.05) is 19.9 Å². The summed E-state index contributed by atoms with van der Waals surface area (Å²) >= 11 is 0. The molecule has 0 fully saturated rings. The van der Waals surface area contributed by atoms with Gasteiger partial charge in [0.1, 0.15) is 5.75 Å². The predicted octanol–water partition coefficient (Wildman–Crippen LogP) is 5.54. The van der Waals surface area contributed by atoms with Crippen molar-refractivity contribution in [1.29, 1.82) is 0 Å². The number of amides is 1. The van der Waals surface area contributed by atoms with Gasteiger partial charge in [-0.25, -0.2) is 8.42 Å². The van der Waals surface area contributed by atoms with Gasteiger partial charge in [0.05, 0.1) is 11.5 Å². The Morgan fingerprint density at radius 3 is 2.09 bits per heavy atom. The highest BCUT2D eigenvalue weighted by atomic mass is 32.2. The molecule has 7 heteroatoms. The average molecular weight is 453 g/mol. The fourth-order valence-corrected chi connectivity index (χ4v) is 4.25. The van der Waals surface area contributed by atoms with Crippen molar-refractivity contribution < 1.29 is 17.9 Å². The number of unbranched alkanes of at least 4 members (excludes halogenated alkanes) is 1. The van der Waals surface area contributed by atoms with Crippen molar-refractivity contribution in [2.45, 2.75) is 38.5 Å². The zero-order valence-electron chi connectivity index (χ0n) is 18.5. The molecule has 3 rings (SSSR count). The number of aryl methyl sites for hydroxylation is 2. The molecular formula is C25H28N2O4S. The molecule has 0 aliphatic carbocycles. The molecular weight excluding hydrogens is 424 g/mol. The van der Waals surface area contributed by atoms with Gasteiger partial charge in [-0.05, 0) is 92.1 Å². The fraction of sp³-hybridized carbons (Fsp3) is 0.240. The van der Waals surface area contributed by atoms with Crippen molar-refractivity contribution in [1.82, 2.24) is 0 Å². The summed E-state index contributed by atoms with van der Waals surface area (Å²) in [6, 6.07) is 18.5. The highest BCUT2D eigenvalue weighted by molar-refractivity contribution is 7.92. The standard InChI is InChI=1S/C25H28N2O4S/c1-4-5-14-31-23-10-6-20(7-11-23)25(28)26-21-8-12-24(13-9-21)32(29,30)27-22-16-18(2)15-19(3)17-22/h6-13,15-17,27H,4-5,14H2,1-3H3,(H,26,28). The van der Waals surface area contributed by atoms with E-state index in [-0.39, 0.29) is 10.8 Å². The lowest BCUT2D eigenvalue weighted by molar-refractivity contribution is 0.102. The number of ether oxygens (including phenoxy) is 1. The average Bonchev–Trinajstić information content (AvgIpc) is 2.74. The maximum Gasteiger partial charge on any atom is 0.261 e. The topological polar surface area (TPSA) is 84.5 Å². The van der Waals surface area contributed by atoms with E-state index in [1.54, 1.807) is 48.5 Å². The Kier molecular flexibility index (Phi) is 7.53. The molecule has 0 bridgehead atoms. The number of nitrogens with one attached hydrogen (secondary N) is 2. The lowest BCUT2D eigenvalue weighted by atomic mass is 10.1. The second kappa shape index (κ2) is 10.3. The van der Waals surface area contributed by atoms with Crippen molar-refractivity contribution >= 4 is 27.3 Å². The molecule has 0 aliphatic heterocycles. The lowest BCUT2D eigenvalue weighted by Crippen LogP contribution is -2.14. The van der Waals surface area contributed by atoms with Crippen molar-refractivity contribution in [3.8, 4) is 5.75 Å². The second-order valence-corrected chi connectivity index (χ2v) is 9.37. The van der Waals surface area contributed by atoms with Crippen LogP contribution in [0, 0.1) is 13.8 Å². The Hall–Kier alpha value is -3.32. The number of sulfonamides is 1. The first kappa shape index (κ1) is 23.3. The van der Waals surface area contributed by atoms with Crippen LogP contribution in [0.4, 0.5) is 11.4 Å². The summed E-state index contributed by atoms with van der Waals surface area (Å²) in [6.45, 7) is 6.57. The number of carbonyl (C=O) groups is 1. The minimum Gasteiger partial charge on any atom is -0.494 e. The molecule has 0 saturated heterocycles. The van der Waals surface area contributed by atoms with Gasteiger partial charge < -0.3 is 10.1 Å². The molecule has 32 heavy (non-hydrogen) atoms. The molecule has 168 valence electrons. The molecule has 2 N–H and O–H groups in total. The van der Waals surface area contributed by atoms with Crippen LogP contribution in [0.1, 0.15) is 41.3 Å². The summed E-state index contributed by atoms with van der Waals surface area (Å²) in [4.78, 5) is 12.6. The Labute approximate surface area is 189 Å². The zero-order valence-corrected chi connectivity index (χ0v) is 19.3. The highest BCUT2D eigenvalue weighted by Crippen LogP contribution is 2.21. The Bertz CT molecular complexity index is 1150. The minimum absolute atomic E-state index is 0.114. The normalized spacial score (nSPS) is 11.1. The molecule has 0 aliphatic rings. The zero-order chi connectivity index (χ0) is 23.1. The first-order valence-corrected chi connectivity index (χ1v) is 12.0. The van der Waals surface area contributed by atoms with E-state index in [0.29, 0.717) is 23.5 Å². The maximum absolute atomic E-state index is 12.7. The molecule has 0 spiro atoms. The molecule has 6 nitrogen and oxygen atoms in total. The minimum atomic E-state index is -3.74. The van der Waals surface area contributed by atoms with Crippen molar-refractivity contribution in [3.05, 3.63) is 83.4 Å². The first-order valence-electron chi connectivity index (χ1n) is 10.5. The third-order valence-corrected chi connectivity index (χ3v) is 6.18. The summed E-state index contributed by atoms with van der Waals surface area (Å²) in [7, 11) is -3.74. The van der Waals surface area contributed by atoms with E-state index in [1.165, 1.54) is 12.1 Å². The molecule has 0 heterocycles. The van der Waals surface area contributed by atoms with Crippen LogP contribution >= 0.6 is 0 Å². The maximum atomic E-state index is 12.7. The van der Waals surface area contributed by atoms with Gasteiger partial charge in [-0.2, -0.15) is 0 Å². The SMILES string of the molecule is CCCCOc1ccc(C(=O)Nc2ccc(S(=O)(=O)Nc3cc(C)cc(C)c3)cc2)cc1. The Morgan fingerprint density at radius 2 is 1.50 bits per heavy atom. The number of carbonyl (C=O) groups excluding carboxylic acids is 1. The summed E-state index contributed by atoms with van der Waals surface area (Å²) in [5, 5.41) is 2.78. The quantitative estimate of drug-likeness (QED) is 0.418. The van der Waals surface area contributed by atoms with Gasteiger partial charge >= 0.3 is 0 Å². The van der Waals surface area contributed by atoms with Crippen LogP contribution in [0.15, 0.2) is 71.6 Å². The van der Waals surface area contributed by atoms with Crippen LogP contribution in [0.3, 0.4) is 0 Å². The van der Waals surface area contributed by atoms with E-state index >= 15 is 0 Å². The third-order valence-electron chi connectivity index (χ3n) is 4.78. The van der Waals surface area contributed by atoms with Gasteiger partial charge in [0, 0.05) is 16.9 Å². The summed E-state index contributed by atoms with van der Waals surface area (Å²) in [5.41, 5.74) is 3.45. The van der Waals surface area contributed by atoms with Crippen LogP contribution in [0.25, 0.3) is 0 Å². The van der Waals surface area contributed by atoms with Crippen molar-refractivity contribution in [2.24, 2.45) is 0 Å². The highest BCUT2D eigenvalue weighted by Gasteiger charge is 2.15. The number of hydrogen-bond donors (Lipinski definition) is 2. The second-order valence-electron chi connectivity index (χ2n) is 7.69.